The molecule has 5 rings (SSSR count). The van der Waals surface area contributed by atoms with E-state index in [1.54, 1.807) is 18.3 Å². The third kappa shape index (κ3) is 6.20. The Morgan fingerprint density at radius 1 is 1.14 bits per heavy atom. The van der Waals surface area contributed by atoms with Crippen LogP contribution in [-0.4, -0.2) is 61.7 Å². The Hall–Kier alpha value is -4.92. The predicted octanol–water partition coefficient (Wildman–Crippen LogP) is 4.15. The number of benzene rings is 1. The summed E-state index contributed by atoms with van der Waals surface area (Å²) in [5.74, 6) is -1.23. The van der Waals surface area contributed by atoms with E-state index in [9.17, 15) is 18.0 Å². The first kappa shape index (κ1) is 28.6. The number of aromatic amines is 1. The molecule has 0 bridgehead atoms. The van der Waals surface area contributed by atoms with Gasteiger partial charge in [-0.15, -0.1) is 0 Å². The third-order valence-electron chi connectivity index (χ3n) is 6.34. The van der Waals surface area contributed by atoms with Crippen molar-refractivity contribution in [1.29, 1.82) is 0 Å². The topological polar surface area (TPSA) is 159 Å². The molecule has 5 aromatic rings. The van der Waals surface area contributed by atoms with E-state index in [2.05, 4.69) is 30.3 Å². The first-order chi connectivity index (χ1) is 20.3. The number of aromatic nitrogens is 6. The quantitative estimate of drug-likeness (QED) is 0.110. The number of imidazole rings is 1. The number of nitrogens with two attached hydrogens (primary N) is 1. The number of H-pyrrole nitrogens is 1. The van der Waals surface area contributed by atoms with E-state index in [1.165, 1.54) is 12.1 Å². The van der Waals surface area contributed by atoms with Crippen molar-refractivity contribution in [2.24, 2.45) is 0 Å². The summed E-state index contributed by atoms with van der Waals surface area (Å²) in [6.45, 7) is 4.23. The Labute approximate surface area is 237 Å². The van der Waals surface area contributed by atoms with E-state index in [0.717, 1.165) is 16.8 Å². The van der Waals surface area contributed by atoms with Gasteiger partial charge in [0.1, 0.15) is 22.5 Å². The van der Waals surface area contributed by atoms with E-state index in [4.69, 9.17) is 20.1 Å². The number of nitrogens with zero attached hydrogens (tertiary/aromatic N) is 5. The maximum Gasteiger partial charge on any atom is 0.491 e. The summed E-state index contributed by atoms with van der Waals surface area (Å²) in [6.07, 6.45) is -0.229. The molecule has 0 fully saturated rings. The van der Waals surface area contributed by atoms with Crippen molar-refractivity contribution in [3.05, 3.63) is 54.4 Å². The second-order valence-corrected chi connectivity index (χ2v) is 9.16. The fourth-order valence-corrected chi connectivity index (χ4v) is 4.36. The highest BCUT2D eigenvalue weighted by Crippen LogP contribution is 2.36. The molecule has 0 atom stereocenters. The summed E-state index contributed by atoms with van der Waals surface area (Å²) >= 11 is 0. The van der Waals surface area contributed by atoms with Crippen LogP contribution in [0.25, 0.3) is 33.9 Å². The number of carbonyl (C=O) groups is 1. The van der Waals surface area contributed by atoms with Crippen molar-refractivity contribution < 1.29 is 32.1 Å². The molecule has 1 aromatic carbocycles. The number of halogens is 3. The average molecular weight is 585 g/mol. The van der Waals surface area contributed by atoms with E-state index >= 15 is 0 Å². The third-order valence-corrected chi connectivity index (χ3v) is 6.34. The molecule has 0 spiro atoms. The first-order valence-electron chi connectivity index (χ1n) is 13.1. The van der Waals surface area contributed by atoms with Crippen LogP contribution in [0, 0.1) is 0 Å². The van der Waals surface area contributed by atoms with Gasteiger partial charge in [-0.25, -0.2) is 19.4 Å². The molecule has 0 unspecified atom stereocenters. The van der Waals surface area contributed by atoms with Crippen molar-refractivity contribution in [3.8, 4) is 34.4 Å². The number of nitrogen functional groups attached to an aromatic ring is 1. The minimum atomic E-state index is -5.04. The number of fused-ring (bicyclic) bond motifs is 1. The zero-order chi connectivity index (χ0) is 29.7. The molecule has 4 N–H and O–H groups in total. The average Bonchev–Trinajstić information content (AvgIpc) is 3.73. The first-order valence-corrected chi connectivity index (χ1v) is 13.1. The number of esters is 1. The number of carbonyl (C=O) groups excluding carboxylic acids is 1. The SMILES string of the molecule is CCn1c(-c2nonc2N)nc2c(-c3ccc[nH]3)ncc(OCCCNCCc3ccc(OC(=O)C(F)(F)F)cc3)c21. The van der Waals surface area contributed by atoms with Gasteiger partial charge in [-0.3, -0.25) is 0 Å². The van der Waals surface area contributed by atoms with Gasteiger partial charge in [0.15, 0.2) is 23.1 Å². The number of ether oxygens (including phenoxy) is 2. The Morgan fingerprint density at radius 2 is 1.95 bits per heavy atom. The van der Waals surface area contributed by atoms with Gasteiger partial charge in [-0.1, -0.05) is 12.1 Å². The van der Waals surface area contributed by atoms with Crippen LogP contribution in [-0.2, 0) is 17.8 Å². The summed E-state index contributed by atoms with van der Waals surface area (Å²) in [5.41, 5.74) is 9.99. The monoisotopic (exact) mass is 584 g/mol. The van der Waals surface area contributed by atoms with Crippen molar-refractivity contribution in [2.45, 2.75) is 32.5 Å². The standard InChI is InChI=1S/C27H27F3N8O4/c1-2-38-23-19(15-34-20(18-5-3-12-33-18)21(23)35-25(38)22-24(31)37-42-36-22)40-14-4-11-32-13-10-16-6-8-17(9-7-16)41-26(39)27(28,29)30/h3,5-9,12,15,32-33H,2,4,10-11,13-14H2,1H3,(H2,31,37). The number of hydrogen-bond acceptors (Lipinski definition) is 10. The van der Waals surface area contributed by atoms with Crippen LogP contribution >= 0.6 is 0 Å². The van der Waals surface area contributed by atoms with Gasteiger partial charge in [0.25, 0.3) is 0 Å². The lowest BCUT2D eigenvalue weighted by Gasteiger charge is -2.12. The molecule has 15 heteroatoms. The van der Waals surface area contributed by atoms with Gasteiger partial charge >= 0.3 is 12.1 Å². The van der Waals surface area contributed by atoms with E-state index in [-0.39, 0.29) is 11.6 Å². The Bertz CT molecular complexity index is 1650. The van der Waals surface area contributed by atoms with Gasteiger partial charge in [0.2, 0.25) is 0 Å². The van der Waals surface area contributed by atoms with Crippen LogP contribution in [0.3, 0.4) is 0 Å². The minimum Gasteiger partial charge on any atom is -0.490 e. The van der Waals surface area contributed by atoms with E-state index in [1.807, 2.05) is 29.8 Å². The molecule has 4 aromatic heterocycles. The summed E-state index contributed by atoms with van der Waals surface area (Å²) < 4.78 is 54.2. The van der Waals surface area contributed by atoms with Crippen LogP contribution in [0.5, 0.6) is 11.5 Å². The number of pyridine rings is 1. The number of nitrogens with one attached hydrogen (secondary N) is 2. The molecule has 0 aliphatic carbocycles. The maximum atomic E-state index is 12.3. The predicted molar refractivity (Wildman–Crippen MR) is 146 cm³/mol. The van der Waals surface area contributed by atoms with Crippen molar-refractivity contribution in [3.63, 3.8) is 0 Å². The van der Waals surface area contributed by atoms with Crippen LogP contribution in [0.2, 0.25) is 0 Å². The molecule has 0 saturated heterocycles. The molecule has 0 saturated carbocycles. The number of anilines is 1. The molecular formula is C27H27F3N8O4. The lowest BCUT2D eigenvalue weighted by atomic mass is 10.1. The molecule has 0 radical (unpaired) electrons. The lowest BCUT2D eigenvalue weighted by molar-refractivity contribution is -0.189. The van der Waals surface area contributed by atoms with E-state index < -0.39 is 12.1 Å². The zero-order valence-corrected chi connectivity index (χ0v) is 22.4. The molecule has 42 heavy (non-hydrogen) atoms. The van der Waals surface area contributed by atoms with Crippen LogP contribution in [0.15, 0.2) is 53.4 Å². The smallest absolute Gasteiger partial charge is 0.490 e. The van der Waals surface area contributed by atoms with Crippen LogP contribution in [0.4, 0.5) is 19.0 Å². The second kappa shape index (κ2) is 12.3. The second-order valence-electron chi connectivity index (χ2n) is 9.16. The van der Waals surface area contributed by atoms with Crippen LogP contribution in [0.1, 0.15) is 18.9 Å². The summed E-state index contributed by atoms with van der Waals surface area (Å²) in [7, 11) is 0. The normalized spacial score (nSPS) is 11.7. The molecule has 0 aliphatic rings. The van der Waals surface area contributed by atoms with Crippen LogP contribution < -0.4 is 20.5 Å². The lowest BCUT2D eigenvalue weighted by Crippen LogP contribution is -2.27. The van der Waals surface area contributed by atoms with Crippen molar-refractivity contribution in [2.75, 3.05) is 25.4 Å². The molecule has 0 amide bonds. The van der Waals surface area contributed by atoms with Gasteiger partial charge in [-0.05, 0) is 73.0 Å². The maximum absolute atomic E-state index is 12.3. The number of rotatable bonds is 12. The van der Waals surface area contributed by atoms with Crippen molar-refractivity contribution >= 4 is 22.8 Å². The Kier molecular flexibility index (Phi) is 8.38. The molecule has 0 aliphatic heterocycles. The molecule has 220 valence electrons. The van der Waals surface area contributed by atoms with Gasteiger partial charge in [0.05, 0.1) is 18.5 Å². The summed E-state index contributed by atoms with van der Waals surface area (Å²) in [6, 6.07) is 9.69. The fourth-order valence-electron chi connectivity index (χ4n) is 4.36. The van der Waals surface area contributed by atoms with Gasteiger partial charge in [-0.2, -0.15) is 13.2 Å². The number of hydrogen-bond donors (Lipinski definition) is 3. The summed E-state index contributed by atoms with van der Waals surface area (Å²) in [4.78, 5) is 23.5. The summed E-state index contributed by atoms with van der Waals surface area (Å²) in [5, 5.41) is 10.9. The fraction of sp³-hybridized carbons (Fsp3) is 0.296. The van der Waals surface area contributed by atoms with Crippen molar-refractivity contribution in [1.82, 2.24) is 35.1 Å². The van der Waals surface area contributed by atoms with Gasteiger partial charge in [0, 0.05) is 12.7 Å². The Morgan fingerprint density at radius 3 is 2.62 bits per heavy atom. The highest BCUT2D eigenvalue weighted by molar-refractivity contribution is 5.95. The minimum absolute atomic E-state index is 0.128. The molecule has 4 heterocycles. The number of aryl methyl sites for hydroxylation is 1. The molecular weight excluding hydrogens is 557 g/mol. The Balaban J connectivity index is 1.19. The number of alkyl halides is 3. The largest absolute Gasteiger partial charge is 0.491 e. The highest BCUT2D eigenvalue weighted by Gasteiger charge is 2.41. The highest BCUT2D eigenvalue weighted by atomic mass is 19.4. The molecule has 12 nitrogen and oxygen atoms in total. The van der Waals surface area contributed by atoms with Gasteiger partial charge < -0.3 is 30.1 Å². The van der Waals surface area contributed by atoms with E-state index in [0.29, 0.717) is 67.6 Å². The zero-order valence-electron chi connectivity index (χ0n) is 22.4.